The van der Waals surface area contributed by atoms with Gasteiger partial charge in [0.1, 0.15) is 11.6 Å². The standard InChI is InChI=1S/C15H12N2O3/c1-20-12-8-3-2-6-10(12)14-16-13(15(18)19)11-7-4-5-9-17(11)14/h2-9H,1H3,(H,18,19). The number of pyridine rings is 1. The maximum absolute atomic E-state index is 11.3. The number of hydrogen-bond acceptors (Lipinski definition) is 3. The van der Waals surface area contributed by atoms with Gasteiger partial charge >= 0.3 is 5.97 Å². The first-order valence-electron chi connectivity index (χ1n) is 6.06. The molecule has 1 N–H and O–H groups in total. The fourth-order valence-electron chi connectivity index (χ4n) is 2.21. The predicted octanol–water partition coefficient (Wildman–Crippen LogP) is 2.71. The Morgan fingerprint density at radius 3 is 2.70 bits per heavy atom. The van der Waals surface area contributed by atoms with E-state index >= 15 is 0 Å². The minimum Gasteiger partial charge on any atom is -0.496 e. The number of imidazole rings is 1. The van der Waals surface area contributed by atoms with Gasteiger partial charge in [0.25, 0.3) is 0 Å². The molecule has 0 unspecified atom stereocenters. The van der Waals surface area contributed by atoms with Crippen molar-refractivity contribution in [3.63, 3.8) is 0 Å². The maximum atomic E-state index is 11.3. The molecule has 3 aromatic rings. The fraction of sp³-hybridized carbons (Fsp3) is 0.0667. The van der Waals surface area contributed by atoms with Crippen LogP contribution in [0.15, 0.2) is 48.7 Å². The minimum absolute atomic E-state index is 0.0338. The molecule has 3 rings (SSSR count). The second kappa shape index (κ2) is 4.70. The molecular weight excluding hydrogens is 256 g/mol. The number of methoxy groups -OCH3 is 1. The number of aromatic nitrogens is 2. The molecule has 5 heteroatoms. The van der Waals surface area contributed by atoms with E-state index in [1.165, 1.54) is 0 Å². The van der Waals surface area contributed by atoms with Gasteiger partial charge in [0.2, 0.25) is 0 Å². The smallest absolute Gasteiger partial charge is 0.356 e. The Labute approximate surface area is 115 Å². The topological polar surface area (TPSA) is 63.8 Å². The number of fused-ring (bicyclic) bond motifs is 1. The normalized spacial score (nSPS) is 10.7. The molecule has 0 bridgehead atoms. The zero-order valence-electron chi connectivity index (χ0n) is 10.8. The van der Waals surface area contributed by atoms with Gasteiger partial charge in [0.05, 0.1) is 18.2 Å². The zero-order chi connectivity index (χ0) is 14.1. The number of ether oxygens (including phenoxy) is 1. The summed E-state index contributed by atoms with van der Waals surface area (Å²) < 4.78 is 7.07. The van der Waals surface area contributed by atoms with Crippen molar-refractivity contribution in [1.29, 1.82) is 0 Å². The number of carboxylic acid groups (broad SMARTS) is 1. The first-order valence-corrected chi connectivity index (χ1v) is 6.06. The largest absolute Gasteiger partial charge is 0.496 e. The molecule has 0 amide bonds. The fourth-order valence-corrected chi connectivity index (χ4v) is 2.21. The summed E-state index contributed by atoms with van der Waals surface area (Å²) in [6, 6.07) is 12.7. The molecule has 20 heavy (non-hydrogen) atoms. The van der Waals surface area contributed by atoms with Crippen molar-refractivity contribution >= 4 is 11.5 Å². The van der Waals surface area contributed by atoms with Crippen molar-refractivity contribution < 1.29 is 14.6 Å². The number of hydrogen-bond donors (Lipinski definition) is 1. The third kappa shape index (κ3) is 1.80. The highest BCUT2D eigenvalue weighted by Gasteiger charge is 2.19. The van der Waals surface area contributed by atoms with E-state index in [0.717, 1.165) is 5.56 Å². The van der Waals surface area contributed by atoms with Crippen LogP contribution in [0.25, 0.3) is 16.9 Å². The first kappa shape index (κ1) is 12.2. The van der Waals surface area contributed by atoms with Gasteiger partial charge < -0.3 is 9.84 Å². The van der Waals surface area contributed by atoms with E-state index in [1.54, 1.807) is 29.8 Å². The van der Waals surface area contributed by atoms with Crippen LogP contribution in [0.5, 0.6) is 5.75 Å². The van der Waals surface area contributed by atoms with Crippen LogP contribution in [-0.4, -0.2) is 27.6 Å². The second-order valence-electron chi connectivity index (χ2n) is 4.25. The summed E-state index contributed by atoms with van der Waals surface area (Å²) >= 11 is 0. The van der Waals surface area contributed by atoms with Crippen LogP contribution in [0.4, 0.5) is 0 Å². The number of aromatic carboxylic acids is 1. The SMILES string of the molecule is COc1ccccc1-c1nc(C(=O)O)c2ccccn12. The van der Waals surface area contributed by atoms with Crippen molar-refractivity contribution in [3.8, 4) is 17.1 Å². The summed E-state index contributed by atoms with van der Waals surface area (Å²) in [6.45, 7) is 0. The summed E-state index contributed by atoms with van der Waals surface area (Å²) in [5, 5.41) is 9.26. The minimum atomic E-state index is -1.05. The van der Waals surface area contributed by atoms with Crippen LogP contribution in [0.3, 0.4) is 0 Å². The van der Waals surface area contributed by atoms with Gasteiger partial charge in [-0.15, -0.1) is 0 Å². The molecule has 0 atom stereocenters. The van der Waals surface area contributed by atoms with Gasteiger partial charge in [-0.3, -0.25) is 4.40 Å². The molecule has 0 saturated carbocycles. The van der Waals surface area contributed by atoms with E-state index in [4.69, 9.17) is 4.74 Å². The third-order valence-corrected chi connectivity index (χ3v) is 3.10. The van der Waals surface area contributed by atoms with E-state index in [2.05, 4.69) is 4.98 Å². The molecule has 2 aromatic heterocycles. The number of para-hydroxylation sites is 1. The van der Waals surface area contributed by atoms with Crippen LogP contribution < -0.4 is 4.74 Å². The molecule has 0 radical (unpaired) electrons. The Kier molecular flexibility index (Phi) is 2.87. The van der Waals surface area contributed by atoms with E-state index in [1.807, 2.05) is 30.3 Å². The highest BCUT2D eigenvalue weighted by molar-refractivity contribution is 5.95. The molecule has 0 fully saturated rings. The van der Waals surface area contributed by atoms with Crippen LogP contribution in [-0.2, 0) is 0 Å². The van der Waals surface area contributed by atoms with Gasteiger partial charge in [-0.1, -0.05) is 18.2 Å². The van der Waals surface area contributed by atoms with Crippen LogP contribution in [0.1, 0.15) is 10.5 Å². The molecule has 2 heterocycles. The van der Waals surface area contributed by atoms with Crippen molar-refractivity contribution in [2.45, 2.75) is 0 Å². The Bertz CT molecular complexity index is 793. The molecule has 100 valence electrons. The van der Waals surface area contributed by atoms with Gasteiger partial charge in [0, 0.05) is 6.20 Å². The Hall–Kier alpha value is -2.82. The quantitative estimate of drug-likeness (QED) is 0.793. The van der Waals surface area contributed by atoms with E-state index in [0.29, 0.717) is 17.1 Å². The average molecular weight is 268 g/mol. The van der Waals surface area contributed by atoms with Gasteiger partial charge in [-0.2, -0.15) is 0 Å². The number of rotatable bonds is 3. The molecule has 1 aromatic carbocycles. The Morgan fingerprint density at radius 1 is 1.20 bits per heavy atom. The summed E-state index contributed by atoms with van der Waals surface area (Å²) in [7, 11) is 1.58. The van der Waals surface area contributed by atoms with Crippen molar-refractivity contribution in [3.05, 3.63) is 54.4 Å². The Morgan fingerprint density at radius 2 is 1.95 bits per heavy atom. The molecule has 0 aliphatic rings. The Balaban J connectivity index is 2.34. The van der Waals surface area contributed by atoms with Crippen molar-refractivity contribution in [1.82, 2.24) is 9.38 Å². The number of nitrogens with zero attached hydrogens (tertiary/aromatic N) is 2. The lowest BCUT2D eigenvalue weighted by Gasteiger charge is -2.06. The summed E-state index contributed by atoms with van der Waals surface area (Å²) in [5.74, 6) is 0.158. The van der Waals surface area contributed by atoms with Crippen molar-refractivity contribution in [2.75, 3.05) is 7.11 Å². The van der Waals surface area contributed by atoms with Gasteiger partial charge in [-0.05, 0) is 24.3 Å². The molecular formula is C15H12N2O3. The lowest BCUT2D eigenvalue weighted by molar-refractivity contribution is 0.0693. The first-order chi connectivity index (χ1) is 9.72. The summed E-state index contributed by atoms with van der Waals surface area (Å²) in [5.41, 5.74) is 1.34. The van der Waals surface area contributed by atoms with E-state index in [-0.39, 0.29) is 5.69 Å². The zero-order valence-corrected chi connectivity index (χ0v) is 10.8. The molecule has 0 aliphatic carbocycles. The van der Waals surface area contributed by atoms with Crippen LogP contribution >= 0.6 is 0 Å². The number of carboxylic acids is 1. The maximum Gasteiger partial charge on any atom is 0.356 e. The lowest BCUT2D eigenvalue weighted by atomic mass is 10.2. The third-order valence-electron chi connectivity index (χ3n) is 3.10. The average Bonchev–Trinajstić information content (AvgIpc) is 2.87. The van der Waals surface area contributed by atoms with Crippen LogP contribution in [0.2, 0.25) is 0 Å². The molecule has 0 aliphatic heterocycles. The second-order valence-corrected chi connectivity index (χ2v) is 4.25. The highest BCUT2D eigenvalue weighted by Crippen LogP contribution is 2.30. The number of carbonyl (C=O) groups is 1. The van der Waals surface area contributed by atoms with E-state index in [9.17, 15) is 9.90 Å². The molecule has 0 spiro atoms. The van der Waals surface area contributed by atoms with Gasteiger partial charge in [0.15, 0.2) is 5.69 Å². The number of benzene rings is 1. The van der Waals surface area contributed by atoms with Crippen LogP contribution in [0, 0.1) is 0 Å². The summed E-state index contributed by atoms with van der Waals surface area (Å²) in [6.07, 6.45) is 1.79. The van der Waals surface area contributed by atoms with Crippen molar-refractivity contribution in [2.24, 2.45) is 0 Å². The molecule has 5 nitrogen and oxygen atoms in total. The lowest BCUT2D eigenvalue weighted by Crippen LogP contribution is -1.97. The molecule has 0 saturated heterocycles. The van der Waals surface area contributed by atoms with Gasteiger partial charge in [-0.25, -0.2) is 9.78 Å². The predicted molar refractivity (Wildman–Crippen MR) is 74.1 cm³/mol. The van der Waals surface area contributed by atoms with E-state index < -0.39 is 5.97 Å². The summed E-state index contributed by atoms with van der Waals surface area (Å²) in [4.78, 5) is 15.6. The highest BCUT2D eigenvalue weighted by atomic mass is 16.5. The monoisotopic (exact) mass is 268 g/mol.